The fraction of sp³-hybridized carbons (Fsp3) is 0.200. The molecule has 11 rings (SSSR count). The lowest BCUT2D eigenvalue weighted by atomic mass is 9.79. The molecule has 4 aromatic heterocycles. The topological polar surface area (TPSA) is 77.2 Å². The van der Waals surface area contributed by atoms with Crippen molar-refractivity contribution in [3.05, 3.63) is 168 Å². The highest BCUT2D eigenvalue weighted by atomic mass is 16.3. The van der Waals surface area contributed by atoms with Crippen LogP contribution in [0.15, 0.2) is 161 Å². The molecule has 0 radical (unpaired) electrons. The zero-order valence-electron chi connectivity index (χ0n) is 39.0. The molecule has 0 bridgehead atoms. The van der Waals surface area contributed by atoms with E-state index in [0.29, 0.717) is 11.4 Å². The normalized spacial score (nSPS) is 12.7. The molecule has 66 heavy (non-hydrogen) atoms. The van der Waals surface area contributed by atoms with E-state index in [1.165, 1.54) is 5.56 Å². The summed E-state index contributed by atoms with van der Waals surface area (Å²) >= 11 is 0. The predicted molar refractivity (Wildman–Crippen MR) is 273 cm³/mol. The lowest BCUT2D eigenvalue weighted by molar-refractivity contribution is 0.446. The van der Waals surface area contributed by atoms with Crippen LogP contribution >= 0.6 is 0 Å². The smallest absolute Gasteiger partial charge is 0.149 e. The van der Waals surface area contributed by atoms with Gasteiger partial charge in [-0.05, 0) is 123 Å². The molecule has 0 atom stereocenters. The molecule has 11 aromatic rings. The van der Waals surface area contributed by atoms with E-state index in [-0.39, 0.29) is 22.0 Å². The number of pyridine rings is 1. The highest BCUT2D eigenvalue weighted by Crippen LogP contribution is 2.47. The molecule has 4 heterocycles. The van der Waals surface area contributed by atoms with Gasteiger partial charge in [0, 0.05) is 39.0 Å². The molecule has 0 aliphatic carbocycles. The molecule has 6 heteroatoms. The van der Waals surface area contributed by atoms with Crippen LogP contribution in [0.2, 0.25) is 0 Å². The first-order valence-corrected chi connectivity index (χ1v) is 22.9. The maximum atomic E-state index is 12.5. The van der Waals surface area contributed by atoms with Crippen LogP contribution in [0.4, 0.5) is 0 Å². The Bertz CT molecular complexity index is 3710. The fourth-order valence-corrected chi connectivity index (χ4v) is 9.52. The second-order valence-electron chi connectivity index (χ2n) is 20.9. The second-order valence-corrected chi connectivity index (χ2v) is 20.9. The van der Waals surface area contributed by atoms with E-state index in [1.807, 2.05) is 36.5 Å². The van der Waals surface area contributed by atoms with Gasteiger partial charge in [0.05, 0.1) is 27.8 Å². The first-order valence-electron chi connectivity index (χ1n) is 22.9. The van der Waals surface area contributed by atoms with E-state index in [1.54, 1.807) is 0 Å². The maximum Gasteiger partial charge on any atom is 0.149 e. The van der Waals surface area contributed by atoms with Gasteiger partial charge >= 0.3 is 0 Å². The fourth-order valence-electron chi connectivity index (χ4n) is 9.52. The Balaban J connectivity index is 1.16. The highest BCUT2D eigenvalue weighted by molar-refractivity contribution is 6.18. The molecular weight excluding hydrogens is 811 g/mol. The number of phenols is 1. The monoisotopic (exact) mass is 863 g/mol. The number of aromatic hydroxyl groups is 1. The molecule has 0 fully saturated rings. The summed E-state index contributed by atoms with van der Waals surface area (Å²) in [5.74, 6) is 0.897. The van der Waals surface area contributed by atoms with Gasteiger partial charge in [0.1, 0.15) is 39.4 Å². The number of hydrogen-bond donors (Lipinski definition) is 1. The van der Waals surface area contributed by atoms with Crippen molar-refractivity contribution in [1.29, 1.82) is 0 Å². The molecule has 0 aliphatic heterocycles. The Hall–Kier alpha value is -7.44. The number of nitrogens with zero attached hydrogens (tertiary/aromatic N) is 3. The predicted octanol–water partition coefficient (Wildman–Crippen LogP) is 16.5. The van der Waals surface area contributed by atoms with Crippen molar-refractivity contribution in [1.82, 2.24) is 14.5 Å². The van der Waals surface area contributed by atoms with E-state index in [2.05, 4.69) is 182 Å². The van der Waals surface area contributed by atoms with Gasteiger partial charge in [0.2, 0.25) is 0 Å². The van der Waals surface area contributed by atoms with Crippen LogP contribution in [0.25, 0.3) is 105 Å². The van der Waals surface area contributed by atoms with Crippen LogP contribution < -0.4 is 0 Å². The van der Waals surface area contributed by atoms with Crippen molar-refractivity contribution in [3.63, 3.8) is 0 Å². The van der Waals surface area contributed by atoms with Crippen LogP contribution in [0.1, 0.15) is 79.0 Å². The third-order valence-electron chi connectivity index (χ3n) is 13.2. The van der Waals surface area contributed by atoms with E-state index in [9.17, 15) is 5.11 Å². The van der Waals surface area contributed by atoms with Crippen molar-refractivity contribution < 1.29 is 13.9 Å². The summed E-state index contributed by atoms with van der Waals surface area (Å²) in [4.78, 5) is 10.5. The molecule has 7 aromatic carbocycles. The van der Waals surface area contributed by atoms with Crippen LogP contribution in [0, 0.1) is 0 Å². The number of furan rings is 2. The standard InChI is InChI=1S/C60H53N3O3/c1-58(2,3)39-21-23-48(43(32-39)35-15-11-10-12-16-35)63-49-24-26-52-54(55(49)62-57(63)45-33-40(59(4,5)6)34-46(56(45)64)60(7,8)9)44-29-38(20-25-51(44)65-52)47-30-37(27-28-61-47)36-19-22-42-41-17-13-14-18-50(41)66-53(42)31-36/h10-34,64H,1-9H3. The number of hydrogen-bond acceptors (Lipinski definition) is 5. The Labute approximate surface area is 385 Å². The summed E-state index contributed by atoms with van der Waals surface area (Å²) in [6, 6.07) is 50.9. The molecule has 1 N–H and O–H groups in total. The summed E-state index contributed by atoms with van der Waals surface area (Å²) in [5.41, 5.74) is 15.3. The van der Waals surface area contributed by atoms with Crippen molar-refractivity contribution in [2.45, 2.75) is 78.6 Å². The van der Waals surface area contributed by atoms with Gasteiger partial charge < -0.3 is 13.9 Å². The number of para-hydroxylation sites is 1. The number of fused-ring (bicyclic) bond motifs is 8. The van der Waals surface area contributed by atoms with Gasteiger partial charge in [-0.2, -0.15) is 0 Å². The average Bonchev–Trinajstić information content (AvgIpc) is 3.99. The molecule has 0 unspecified atom stereocenters. The van der Waals surface area contributed by atoms with Crippen molar-refractivity contribution in [2.24, 2.45) is 0 Å². The Morgan fingerprint density at radius 1 is 0.485 bits per heavy atom. The highest BCUT2D eigenvalue weighted by Gasteiger charge is 2.30. The summed E-state index contributed by atoms with van der Waals surface area (Å²) in [7, 11) is 0. The van der Waals surface area contributed by atoms with Crippen LogP contribution in [-0.2, 0) is 16.2 Å². The lowest BCUT2D eigenvalue weighted by Gasteiger charge is -2.28. The Kier molecular flexibility index (Phi) is 9.25. The first kappa shape index (κ1) is 41.3. The number of benzene rings is 7. The average molecular weight is 864 g/mol. The first-order chi connectivity index (χ1) is 31.5. The van der Waals surface area contributed by atoms with Gasteiger partial charge in [-0.25, -0.2) is 4.98 Å². The Morgan fingerprint density at radius 3 is 1.92 bits per heavy atom. The minimum absolute atomic E-state index is 0.0844. The minimum Gasteiger partial charge on any atom is -0.507 e. The summed E-state index contributed by atoms with van der Waals surface area (Å²) in [5, 5.41) is 16.6. The quantitative estimate of drug-likeness (QED) is 0.186. The van der Waals surface area contributed by atoms with Crippen LogP contribution in [0.5, 0.6) is 5.75 Å². The minimum atomic E-state index is -0.337. The van der Waals surface area contributed by atoms with Gasteiger partial charge in [-0.1, -0.05) is 129 Å². The van der Waals surface area contributed by atoms with Crippen LogP contribution in [-0.4, -0.2) is 19.6 Å². The number of phenolic OH excluding ortho intramolecular Hbond substituents is 1. The summed E-state index contributed by atoms with van der Waals surface area (Å²) in [6.45, 7) is 19.9. The zero-order chi connectivity index (χ0) is 45.9. The second kappa shape index (κ2) is 14.8. The molecule has 0 saturated heterocycles. The molecule has 326 valence electrons. The zero-order valence-corrected chi connectivity index (χ0v) is 39.0. The van der Waals surface area contributed by atoms with Gasteiger partial charge in [0.15, 0.2) is 0 Å². The number of rotatable bonds is 5. The third kappa shape index (κ3) is 6.86. The third-order valence-corrected chi connectivity index (χ3v) is 13.2. The molecule has 6 nitrogen and oxygen atoms in total. The largest absolute Gasteiger partial charge is 0.507 e. The van der Waals surface area contributed by atoms with Gasteiger partial charge in [-0.15, -0.1) is 0 Å². The molecule has 0 amide bonds. The van der Waals surface area contributed by atoms with E-state index in [4.69, 9.17) is 18.8 Å². The SMILES string of the molecule is CC(C)(C)c1ccc(-n2c(-c3cc(C(C)(C)C)cc(C(C)(C)C)c3O)nc3c4c(ccc32)oc2ccc(-c3cc(-c5ccc6c(c5)oc5ccccc56)ccn3)cc24)c(-c2ccccc2)c1. The summed E-state index contributed by atoms with van der Waals surface area (Å²) < 4.78 is 15.2. The maximum absolute atomic E-state index is 12.5. The summed E-state index contributed by atoms with van der Waals surface area (Å²) in [6.07, 6.45) is 1.87. The number of imidazole rings is 1. The molecule has 0 spiro atoms. The van der Waals surface area contributed by atoms with Crippen molar-refractivity contribution in [2.75, 3.05) is 0 Å². The molecule has 0 aliphatic rings. The lowest BCUT2D eigenvalue weighted by Crippen LogP contribution is -2.17. The van der Waals surface area contributed by atoms with E-state index >= 15 is 0 Å². The van der Waals surface area contributed by atoms with Crippen molar-refractivity contribution in [3.8, 4) is 56.3 Å². The van der Waals surface area contributed by atoms with Crippen LogP contribution in [0.3, 0.4) is 0 Å². The van der Waals surface area contributed by atoms with E-state index in [0.717, 1.165) is 105 Å². The van der Waals surface area contributed by atoms with Gasteiger partial charge in [-0.3, -0.25) is 9.55 Å². The van der Waals surface area contributed by atoms with Gasteiger partial charge in [0.25, 0.3) is 0 Å². The number of aromatic nitrogens is 3. The molecule has 0 saturated carbocycles. The van der Waals surface area contributed by atoms with Crippen molar-refractivity contribution >= 4 is 54.9 Å². The molecular formula is C60H53N3O3. The van der Waals surface area contributed by atoms with E-state index < -0.39 is 0 Å². The Morgan fingerprint density at radius 2 is 1.15 bits per heavy atom.